The first-order valence-corrected chi connectivity index (χ1v) is 6.37. The van der Waals surface area contributed by atoms with Crippen LogP contribution in [0.2, 0.25) is 0 Å². The number of rotatable bonds is 3. The summed E-state index contributed by atoms with van der Waals surface area (Å²) in [7, 11) is 0. The van der Waals surface area contributed by atoms with Crippen LogP contribution >= 0.6 is 15.9 Å². The third kappa shape index (κ3) is 2.73. The van der Waals surface area contributed by atoms with Crippen molar-refractivity contribution in [2.45, 2.75) is 13.3 Å². The van der Waals surface area contributed by atoms with Crippen molar-refractivity contribution in [1.29, 1.82) is 0 Å². The maximum Gasteiger partial charge on any atom is 0.276 e. The number of carbonyl (C=O) groups is 1. The summed E-state index contributed by atoms with van der Waals surface area (Å²) >= 11 is 3.30. The third-order valence-corrected chi connectivity index (χ3v) is 3.12. The fourth-order valence-corrected chi connectivity index (χ4v) is 1.99. The summed E-state index contributed by atoms with van der Waals surface area (Å²) in [4.78, 5) is 20.3. The Balaban J connectivity index is 2.24. The van der Waals surface area contributed by atoms with Crippen LogP contribution < -0.4 is 5.32 Å². The van der Waals surface area contributed by atoms with Crippen LogP contribution in [-0.4, -0.2) is 15.9 Å². The van der Waals surface area contributed by atoms with Gasteiger partial charge in [0.2, 0.25) is 0 Å². The van der Waals surface area contributed by atoms with E-state index in [-0.39, 0.29) is 5.91 Å². The number of carbonyl (C=O) groups excluding carboxylic acids is 1. The second-order valence-corrected chi connectivity index (χ2v) is 4.51. The predicted octanol–water partition coefficient (Wildman–Crippen LogP) is 3.05. The fourth-order valence-electron chi connectivity index (χ4n) is 1.56. The van der Waals surface area contributed by atoms with E-state index < -0.39 is 0 Å². The lowest BCUT2D eigenvalue weighted by Crippen LogP contribution is -2.16. The number of pyridine rings is 2. The molecule has 0 saturated carbocycles. The van der Waals surface area contributed by atoms with Crippen LogP contribution in [0.15, 0.2) is 41.1 Å². The molecule has 2 aromatic rings. The van der Waals surface area contributed by atoms with Gasteiger partial charge in [0.15, 0.2) is 0 Å². The van der Waals surface area contributed by atoms with Crippen LogP contribution in [0, 0.1) is 0 Å². The zero-order chi connectivity index (χ0) is 13.0. The van der Waals surface area contributed by atoms with E-state index in [1.807, 2.05) is 19.1 Å². The summed E-state index contributed by atoms with van der Waals surface area (Å²) < 4.78 is 0.663. The van der Waals surface area contributed by atoms with Crippen molar-refractivity contribution in [1.82, 2.24) is 9.97 Å². The summed E-state index contributed by atoms with van der Waals surface area (Å²) in [5.41, 5.74) is 1.35. The summed E-state index contributed by atoms with van der Waals surface area (Å²) in [5.74, 6) is 0.318. The smallest absolute Gasteiger partial charge is 0.276 e. The van der Waals surface area contributed by atoms with E-state index in [2.05, 4.69) is 31.2 Å². The number of aromatic nitrogens is 2. The first kappa shape index (κ1) is 12.7. The SMILES string of the molecule is CCc1cccnc1NC(=O)c1ncccc1Br. The third-order valence-electron chi connectivity index (χ3n) is 2.48. The van der Waals surface area contributed by atoms with Gasteiger partial charge in [-0.1, -0.05) is 13.0 Å². The van der Waals surface area contributed by atoms with Crippen molar-refractivity contribution in [2.24, 2.45) is 0 Å². The van der Waals surface area contributed by atoms with Gasteiger partial charge in [0, 0.05) is 16.9 Å². The molecule has 18 heavy (non-hydrogen) atoms. The molecule has 1 N–H and O–H groups in total. The standard InChI is InChI=1S/C13H12BrN3O/c1-2-9-5-3-8-16-12(9)17-13(18)11-10(14)6-4-7-15-11/h3-8H,2H2,1H3,(H,16,17,18). The van der Waals surface area contributed by atoms with E-state index in [0.29, 0.717) is 16.0 Å². The number of nitrogens with one attached hydrogen (secondary N) is 1. The Hall–Kier alpha value is -1.75. The first-order valence-electron chi connectivity index (χ1n) is 5.58. The van der Waals surface area contributed by atoms with Gasteiger partial charge in [-0.2, -0.15) is 0 Å². The quantitative estimate of drug-likeness (QED) is 0.948. The van der Waals surface area contributed by atoms with Gasteiger partial charge in [0.05, 0.1) is 0 Å². The van der Waals surface area contributed by atoms with E-state index >= 15 is 0 Å². The molecule has 5 heteroatoms. The molecule has 2 heterocycles. The molecule has 0 radical (unpaired) electrons. The predicted molar refractivity (Wildman–Crippen MR) is 73.5 cm³/mol. The molecule has 0 bridgehead atoms. The number of nitrogens with zero attached hydrogens (tertiary/aromatic N) is 2. The van der Waals surface area contributed by atoms with Gasteiger partial charge in [-0.05, 0) is 46.1 Å². The molecular formula is C13H12BrN3O. The van der Waals surface area contributed by atoms with Gasteiger partial charge in [0.1, 0.15) is 11.5 Å². The van der Waals surface area contributed by atoms with Gasteiger partial charge in [-0.25, -0.2) is 9.97 Å². The van der Waals surface area contributed by atoms with Crippen LogP contribution in [-0.2, 0) is 6.42 Å². The number of aryl methyl sites for hydroxylation is 1. The van der Waals surface area contributed by atoms with Gasteiger partial charge in [-0.3, -0.25) is 4.79 Å². The van der Waals surface area contributed by atoms with Crippen molar-refractivity contribution in [3.05, 3.63) is 52.4 Å². The lowest BCUT2D eigenvalue weighted by molar-refractivity contribution is 0.102. The lowest BCUT2D eigenvalue weighted by Gasteiger charge is -2.08. The molecule has 0 unspecified atom stereocenters. The molecule has 0 aliphatic heterocycles. The number of amides is 1. The highest BCUT2D eigenvalue weighted by atomic mass is 79.9. The molecule has 0 aliphatic rings. The molecule has 1 amide bonds. The van der Waals surface area contributed by atoms with Gasteiger partial charge in [-0.15, -0.1) is 0 Å². The molecule has 2 aromatic heterocycles. The Morgan fingerprint density at radius 3 is 2.72 bits per heavy atom. The highest BCUT2D eigenvalue weighted by Crippen LogP contribution is 2.17. The van der Waals surface area contributed by atoms with Crippen LogP contribution in [0.3, 0.4) is 0 Å². The Morgan fingerprint density at radius 2 is 2.00 bits per heavy atom. The zero-order valence-electron chi connectivity index (χ0n) is 9.85. The maximum absolute atomic E-state index is 12.1. The molecule has 0 aliphatic carbocycles. The van der Waals surface area contributed by atoms with E-state index in [0.717, 1.165) is 12.0 Å². The van der Waals surface area contributed by atoms with Crippen molar-refractivity contribution in [2.75, 3.05) is 5.32 Å². The summed E-state index contributed by atoms with van der Waals surface area (Å²) in [6, 6.07) is 7.33. The van der Waals surface area contributed by atoms with Crippen molar-refractivity contribution < 1.29 is 4.79 Å². The summed E-state index contributed by atoms with van der Waals surface area (Å²) in [6.07, 6.45) is 4.05. The second-order valence-electron chi connectivity index (χ2n) is 3.65. The molecular weight excluding hydrogens is 294 g/mol. The van der Waals surface area contributed by atoms with Crippen LogP contribution in [0.1, 0.15) is 23.0 Å². The van der Waals surface area contributed by atoms with Crippen molar-refractivity contribution in [3.8, 4) is 0 Å². The molecule has 92 valence electrons. The van der Waals surface area contributed by atoms with E-state index in [4.69, 9.17) is 0 Å². The van der Waals surface area contributed by atoms with Crippen LogP contribution in [0.4, 0.5) is 5.82 Å². The van der Waals surface area contributed by atoms with Crippen LogP contribution in [0.5, 0.6) is 0 Å². The lowest BCUT2D eigenvalue weighted by atomic mass is 10.2. The van der Waals surface area contributed by atoms with Gasteiger partial charge >= 0.3 is 0 Å². The Morgan fingerprint density at radius 1 is 1.28 bits per heavy atom. The minimum absolute atomic E-state index is 0.268. The Bertz CT molecular complexity index is 572. The molecule has 4 nitrogen and oxygen atoms in total. The highest BCUT2D eigenvalue weighted by Gasteiger charge is 2.13. The maximum atomic E-state index is 12.1. The molecule has 0 fully saturated rings. The average molecular weight is 306 g/mol. The highest BCUT2D eigenvalue weighted by molar-refractivity contribution is 9.10. The number of hydrogen-bond acceptors (Lipinski definition) is 3. The summed E-state index contributed by atoms with van der Waals surface area (Å²) in [6.45, 7) is 2.02. The minimum Gasteiger partial charge on any atom is -0.305 e. The van der Waals surface area contributed by atoms with E-state index in [1.54, 1.807) is 24.5 Å². The minimum atomic E-state index is -0.268. The van der Waals surface area contributed by atoms with Crippen LogP contribution in [0.25, 0.3) is 0 Å². The monoisotopic (exact) mass is 305 g/mol. The Kier molecular flexibility index (Phi) is 4.04. The van der Waals surface area contributed by atoms with Crippen molar-refractivity contribution in [3.63, 3.8) is 0 Å². The van der Waals surface area contributed by atoms with Gasteiger partial charge in [0.25, 0.3) is 5.91 Å². The van der Waals surface area contributed by atoms with Crippen molar-refractivity contribution >= 4 is 27.7 Å². The average Bonchev–Trinajstić information content (AvgIpc) is 2.39. The first-order chi connectivity index (χ1) is 8.72. The summed E-state index contributed by atoms with van der Waals surface area (Å²) in [5, 5.41) is 2.78. The molecule has 0 atom stereocenters. The zero-order valence-corrected chi connectivity index (χ0v) is 11.4. The molecule has 0 spiro atoms. The van der Waals surface area contributed by atoms with E-state index in [9.17, 15) is 4.79 Å². The number of hydrogen-bond donors (Lipinski definition) is 1. The fraction of sp³-hybridized carbons (Fsp3) is 0.154. The molecule has 2 rings (SSSR count). The number of halogens is 1. The molecule has 0 aromatic carbocycles. The second kappa shape index (κ2) is 5.73. The normalized spacial score (nSPS) is 10.1. The molecule has 0 saturated heterocycles. The van der Waals surface area contributed by atoms with Gasteiger partial charge < -0.3 is 5.32 Å². The Labute approximate surface area is 114 Å². The number of anilines is 1. The topological polar surface area (TPSA) is 54.9 Å². The van der Waals surface area contributed by atoms with E-state index in [1.165, 1.54) is 0 Å². The largest absolute Gasteiger partial charge is 0.305 e.